The number of rotatable bonds is 4. The fraction of sp³-hybridized carbons (Fsp3) is 0.600. The Hall–Kier alpha value is -1.06. The number of aliphatic hydroxyl groups is 1. The van der Waals surface area contributed by atoms with Crippen molar-refractivity contribution in [2.24, 2.45) is 0 Å². The van der Waals surface area contributed by atoms with Gasteiger partial charge in [0.15, 0.2) is 0 Å². The molecule has 3 heteroatoms. The monoisotopic (exact) mass is 249 g/mol. The van der Waals surface area contributed by atoms with Crippen molar-refractivity contribution < 1.29 is 9.84 Å². The van der Waals surface area contributed by atoms with Crippen LogP contribution in [0, 0.1) is 6.92 Å². The summed E-state index contributed by atoms with van der Waals surface area (Å²) in [5.74, 6) is 0.905. The van der Waals surface area contributed by atoms with Crippen LogP contribution in [0.3, 0.4) is 0 Å². The molecule has 100 valence electrons. The van der Waals surface area contributed by atoms with E-state index in [9.17, 15) is 5.11 Å². The van der Waals surface area contributed by atoms with E-state index in [-0.39, 0.29) is 18.2 Å². The quantitative estimate of drug-likeness (QED) is 0.861. The molecule has 1 aromatic rings. The second kappa shape index (κ2) is 5.72. The van der Waals surface area contributed by atoms with E-state index in [0.29, 0.717) is 0 Å². The highest BCUT2D eigenvalue weighted by molar-refractivity contribution is 5.39. The lowest BCUT2D eigenvalue weighted by atomic mass is 10.0. The maximum atomic E-state index is 9.87. The normalized spacial score (nSPS) is 25.1. The Balaban J connectivity index is 2.21. The van der Waals surface area contributed by atoms with E-state index in [4.69, 9.17) is 4.74 Å². The van der Waals surface area contributed by atoms with E-state index in [2.05, 4.69) is 37.4 Å². The van der Waals surface area contributed by atoms with E-state index >= 15 is 0 Å². The van der Waals surface area contributed by atoms with E-state index in [1.807, 2.05) is 7.05 Å². The summed E-state index contributed by atoms with van der Waals surface area (Å²) >= 11 is 0. The smallest absolute Gasteiger partial charge is 0.124 e. The van der Waals surface area contributed by atoms with Crippen molar-refractivity contribution in [3.63, 3.8) is 0 Å². The van der Waals surface area contributed by atoms with Crippen LogP contribution in [0.5, 0.6) is 5.75 Å². The van der Waals surface area contributed by atoms with Crippen LogP contribution in [-0.4, -0.2) is 24.4 Å². The predicted molar refractivity (Wildman–Crippen MR) is 72.9 cm³/mol. The van der Waals surface area contributed by atoms with Gasteiger partial charge in [-0.1, -0.05) is 12.1 Å². The second-order valence-electron chi connectivity index (χ2n) is 5.21. The van der Waals surface area contributed by atoms with Crippen LogP contribution < -0.4 is 10.1 Å². The van der Waals surface area contributed by atoms with Gasteiger partial charge in [-0.2, -0.15) is 0 Å². The van der Waals surface area contributed by atoms with Crippen molar-refractivity contribution in [3.05, 3.63) is 29.3 Å². The molecule has 0 saturated heterocycles. The average Bonchev–Trinajstić information content (AvgIpc) is 2.74. The summed E-state index contributed by atoms with van der Waals surface area (Å²) in [6.45, 7) is 4.17. The predicted octanol–water partition coefficient (Wildman–Crippen LogP) is 2.57. The average molecular weight is 249 g/mol. The summed E-state index contributed by atoms with van der Waals surface area (Å²) in [6.07, 6.45) is 2.49. The van der Waals surface area contributed by atoms with Gasteiger partial charge in [-0.05, 0) is 51.8 Å². The van der Waals surface area contributed by atoms with E-state index in [0.717, 1.165) is 30.6 Å². The number of aryl methyl sites for hydroxylation is 1. The van der Waals surface area contributed by atoms with Crippen molar-refractivity contribution in [3.8, 4) is 5.75 Å². The number of aliphatic hydroxyl groups excluding tert-OH is 1. The number of ether oxygens (including phenoxy) is 1. The van der Waals surface area contributed by atoms with Crippen LogP contribution in [0.25, 0.3) is 0 Å². The molecule has 2 N–H and O–H groups in total. The lowest BCUT2D eigenvalue weighted by molar-refractivity contribution is 0.0594. The number of hydrogen-bond donors (Lipinski definition) is 2. The highest BCUT2D eigenvalue weighted by Gasteiger charge is 2.27. The van der Waals surface area contributed by atoms with Crippen molar-refractivity contribution in [1.29, 1.82) is 0 Å². The molecule has 0 radical (unpaired) electrons. The van der Waals surface area contributed by atoms with Gasteiger partial charge in [-0.15, -0.1) is 0 Å². The van der Waals surface area contributed by atoms with Gasteiger partial charge >= 0.3 is 0 Å². The van der Waals surface area contributed by atoms with Gasteiger partial charge < -0.3 is 15.2 Å². The summed E-state index contributed by atoms with van der Waals surface area (Å²) < 4.78 is 6.03. The minimum absolute atomic E-state index is 0.0467. The Kier molecular flexibility index (Phi) is 4.25. The third-order valence-electron chi connectivity index (χ3n) is 3.76. The Morgan fingerprint density at radius 2 is 2.17 bits per heavy atom. The Morgan fingerprint density at radius 3 is 2.78 bits per heavy atom. The lowest BCUT2D eigenvalue weighted by Crippen LogP contribution is -2.26. The molecule has 1 saturated carbocycles. The summed E-state index contributed by atoms with van der Waals surface area (Å²) in [5, 5.41) is 13.1. The van der Waals surface area contributed by atoms with Crippen molar-refractivity contribution >= 4 is 0 Å². The highest BCUT2D eigenvalue weighted by atomic mass is 16.5. The van der Waals surface area contributed by atoms with Crippen LogP contribution in [0.4, 0.5) is 0 Å². The summed E-state index contributed by atoms with van der Waals surface area (Å²) in [7, 11) is 1.94. The fourth-order valence-corrected chi connectivity index (χ4v) is 2.46. The molecule has 0 spiro atoms. The van der Waals surface area contributed by atoms with Crippen LogP contribution in [0.15, 0.2) is 18.2 Å². The molecule has 1 aliphatic carbocycles. The van der Waals surface area contributed by atoms with Gasteiger partial charge in [0.05, 0.1) is 6.10 Å². The van der Waals surface area contributed by atoms with Gasteiger partial charge in [-0.3, -0.25) is 0 Å². The molecular weight excluding hydrogens is 226 g/mol. The Bertz CT molecular complexity index is 405. The van der Waals surface area contributed by atoms with Crippen LogP contribution in [0.1, 0.15) is 43.4 Å². The third kappa shape index (κ3) is 2.85. The van der Waals surface area contributed by atoms with E-state index < -0.39 is 0 Å². The Labute approximate surface area is 109 Å². The molecule has 0 bridgehead atoms. The lowest BCUT2D eigenvalue weighted by Gasteiger charge is -2.22. The molecule has 18 heavy (non-hydrogen) atoms. The highest BCUT2D eigenvalue weighted by Crippen LogP contribution is 2.31. The van der Waals surface area contributed by atoms with Gasteiger partial charge in [0.1, 0.15) is 11.9 Å². The molecular formula is C15H23NO2. The molecule has 1 aliphatic rings. The Morgan fingerprint density at radius 1 is 1.39 bits per heavy atom. The first-order valence-corrected chi connectivity index (χ1v) is 6.74. The maximum absolute atomic E-state index is 9.87. The second-order valence-corrected chi connectivity index (χ2v) is 5.21. The largest absolute Gasteiger partial charge is 0.487 e. The minimum atomic E-state index is -0.316. The number of nitrogens with one attached hydrogen (secondary N) is 1. The van der Waals surface area contributed by atoms with Gasteiger partial charge in [-0.25, -0.2) is 0 Å². The number of hydrogen-bond acceptors (Lipinski definition) is 3. The first kappa shape index (κ1) is 13.4. The molecule has 0 aliphatic heterocycles. The molecule has 3 unspecified atom stereocenters. The zero-order valence-electron chi connectivity index (χ0n) is 11.4. The molecule has 3 atom stereocenters. The van der Waals surface area contributed by atoms with E-state index in [1.165, 1.54) is 5.56 Å². The van der Waals surface area contributed by atoms with Crippen LogP contribution >= 0.6 is 0 Å². The van der Waals surface area contributed by atoms with Gasteiger partial charge in [0.25, 0.3) is 0 Å². The fourth-order valence-electron chi connectivity index (χ4n) is 2.46. The summed E-state index contributed by atoms with van der Waals surface area (Å²) in [6, 6.07) is 6.52. The maximum Gasteiger partial charge on any atom is 0.124 e. The van der Waals surface area contributed by atoms with Crippen molar-refractivity contribution in [2.45, 2.75) is 51.4 Å². The van der Waals surface area contributed by atoms with Crippen molar-refractivity contribution in [1.82, 2.24) is 5.32 Å². The summed E-state index contributed by atoms with van der Waals surface area (Å²) in [4.78, 5) is 0. The molecule has 0 heterocycles. The van der Waals surface area contributed by atoms with E-state index in [1.54, 1.807) is 0 Å². The topological polar surface area (TPSA) is 41.5 Å². The molecule has 0 aromatic heterocycles. The molecule has 0 amide bonds. The van der Waals surface area contributed by atoms with Crippen molar-refractivity contribution in [2.75, 3.05) is 7.05 Å². The zero-order chi connectivity index (χ0) is 13.1. The third-order valence-corrected chi connectivity index (χ3v) is 3.76. The van der Waals surface area contributed by atoms with Gasteiger partial charge in [0.2, 0.25) is 0 Å². The summed E-state index contributed by atoms with van der Waals surface area (Å²) in [5.41, 5.74) is 2.34. The van der Waals surface area contributed by atoms with Gasteiger partial charge in [0, 0.05) is 11.6 Å². The van der Waals surface area contributed by atoms with Crippen LogP contribution in [-0.2, 0) is 0 Å². The zero-order valence-corrected chi connectivity index (χ0v) is 11.4. The minimum Gasteiger partial charge on any atom is -0.487 e. The molecule has 3 nitrogen and oxygen atoms in total. The number of benzene rings is 1. The first-order chi connectivity index (χ1) is 8.61. The molecule has 1 fully saturated rings. The first-order valence-electron chi connectivity index (χ1n) is 6.74. The molecule has 1 aromatic carbocycles. The van der Waals surface area contributed by atoms with Crippen LogP contribution in [0.2, 0.25) is 0 Å². The standard InChI is InChI=1S/C15H23NO2/c1-10-7-8-12(11(2)16-3)15(9-10)18-14-6-4-5-13(14)17/h7-9,11,13-14,16-17H,4-6H2,1-3H3. The SMILES string of the molecule is CNC(C)c1ccc(C)cc1OC1CCCC1O. The molecule has 2 rings (SSSR count).